The van der Waals surface area contributed by atoms with E-state index in [2.05, 4.69) is 41.7 Å². The van der Waals surface area contributed by atoms with E-state index in [-0.39, 0.29) is 6.04 Å². The van der Waals surface area contributed by atoms with Crippen LogP contribution in [0.1, 0.15) is 29.3 Å². The van der Waals surface area contributed by atoms with Crippen LogP contribution in [0, 0.1) is 6.92 Å². The summed E-state index contributed by atoms with van der Waals surface area (Å²) in [4.78, 5) is 0. The SMILES string of the molecule is Cc1ccc(C(CCc2ccnn2C)NN)cc1. The zero-order valence-corrected chi connectivity index (χ0v) is 10.9. The summed E-state index contributed by atoms with van der Waals surface area (Å²) < 4.78 is 1.91. The quantitative estimate of drug-likeness (QED) is 0.623. The second-order valence-corrected chi connectivity index (χ2v) is 4.61. The number of hydrogen-bond acceptors (Lipinski definition) is 3. The van der Waals surface area contributed by atoms with E-state index < -0.39 is 0 Å². The Labute approximate surface area is 108 Å². The van der Waals surface area contributed by atoms with Crippen molar-refractivity contribution in [2.24, 2.45) is 12.9 Å². The van der Waals surface area contributed by atoms with Crippen LogP contribution >= 0.6 is 0 Å². The Morgan fingerprint density at radius 1 is 1.28 bits per heavy atom. The monoisotopic (exact) mass is 244 g/mol. The van der Waals surface area contributed by atoms with E-state index in [1.54, 1.807) is 0 Å². The van der Waals surface area contributed by atoms with Crippen molar-refractivity contribution < 1.29 is 0 Å². The van der Waals surface area contributed by atoms with E-state index in [0.29, 0.717) is 0 Å². The standard InChI is InChI=1S/C14H20N4/c1-11-3-5-12(6-4-11)14(17-15)8-7-13-9-10-16-18(13)2/h3-6,9-10,14,17H,7-8,15H2,1-2H3. The first-order valence-corrected chi connectivity index (χ1v) is 6.20. The molecular weight excluding hydrogens is 224 g/mol. The number of nitrogens with one attached hydrogen (secondary N) is 1. The molecule has 0 aliphatic rings. The zero-order chi connectivity index (χ0) is 13.0. The number of nitrogens with zero attached hydrogens (tertiary/aromatic N) is 2. The summed E-state index contributed by atoms with van der Waals surface area (Å²) in [6, 6.07) is 10.7. The van der Waals surface area contributed by atoms with E-state index in [0.717, 1.165) is 12.8 Å². The molecule has 18 heavy (non-hydrogen) atoms. The predicted octanol–water partition coefficient (Wildman–Crippen LogP) is 1.87. The van der Waals surface area contributed by atoms with E-state index in [1.165, 1.54) is 16.8 Å². The molecule has 0 bridgehead atoms. The van der Waals surface area contributed by atoms with Crippen LogP contribution < -0.4 is 11.3 Å². The molecule has 96 valence electrons. The summed E-state index contributed by atoms with van der Waals surface area (Å²) in [6.45, 7) is 2.09. The van der Waals surface area contributed by atoms with Crippen LogP contribution in [0.15, 0.2) is 36.5 Å². The molecule has 1 atom stereocenters. The van der Waals surface area contributed by atoms with Gasteiger partial charge in [-0.25, -0.2) is 0 Å². The zero-order valence-electron chi connectivity index (χ0n) is 10.9. The number of benzene rings is 1. The maximum Gasteiger partial charge on any atom is 0.0492 e. The average Bonchev–Trinajstić information content (AvgIpc) is 2.78. The van der Waals surface area contributed by atoms with Gasteiger partial charge in [0, 0.05) is 25.0 Å². The van der Waals surface area contributed by atoms with Gasteiger partial charge in [0.2, 0.25) is 0 Å². The lowest BCUT2D eigenvalue weighted by Crippen LogP contribution is -2.28. The third-order valence-corrected chi connectivity index (χ3v) is 3.29. The maximum atomic E-state index is 5.65. The lowest BCUT2D eigenvalue weighted by atomic mass is 10.0. The van der Waals surface area contributed by atoms with Crippen LogP contribution in [0.25, 0.3) is 0 Å². The molecule has 0 saturated heterocycles. The van der Waals surface area contributed by atoms with Crippen molar-refractivity contribution in [3.05, 3.63) is 53.3 Å². The molecule has 1 heterocycles. The molecule has 1 unspecified atom stereocenters. The fourth-order valence-electron chi connectivity index (χ4n) is 2.08. The molecule has 1 aromatic heterocycles. The molecule has 0 aliphatic heterocycles. The van der Waals surface area contributed by atoms with E-state index in [1.807, 2.05) is 24.0 Å². The fraction of sp³-hybridized carbons (Fsp3) is 0.357. The molecule has 0 fully saturated rings. The Morgan fingerprint density at radius 3 is 2.56 bits per heavy atom. The fourth-order valence-corrected chi connectivity index (χ4v) is 2.08. The van der Waals surface area contributed by atoms with Crippen LogP contribution in [0.2, 0.25) is 0 Å². The van der Waals surface area contributed by atoms with Crippen molar-refractivity contribution in [1.82, 2.24) is 15.2 Å². The van der Waals surface area contributed by atoms with Crippen LogP contribution in [0.3, 0.4) is 0 Å². The highest BCUT2D eigenvalue weighted by molar-refractivity contribution is 5.24. The third-order valence-electron chi connectivity index (χ3n) is 3.29. The largest absolute Gasteiger partial charge is 0.273 e. The lowest BCUT2D eigenvalue weighted by Gasteiger charge is -2.16. The topological polar surface area (TPSA) is 55.9 Å². The second-order valence-electron chi connectivity index (χ2n) is 4.61. The lowest BCUT2D eigenvalue weighted by molar-refractivity contribution is 0.506. The summed E-state index contributed by atoms with van der Waals surface area (Å²) in [5, 5.41) is 4.17. The highest BCUT2D eigenvalue weighted by Crippen LogP contribution is 2.18. The molecule has 4 nitrogen and oxygen atoms in total. The number of rotatable bonds is 5. The van der Waals surface area contributed by atoms with Crippen LogP contribution in [-0.4, -0.2) is 9.78 Å². The van der Waals surface area contributed by atoms with Gasteiger partial charge in [-0.1, -0.05) is 29.8 Å². The van der Waals surface area contributed by atoms with Gasteiger partial charge in [0.1, 0.15) is 0 Å². The molecule has 1 aromatic carbocycles. The minimum absolute atomic E-state index is 0.181. The molecule has 4 heteroatoms. The minimum Gasteiger partial charge on any atom is -0.273 e. The van der Waals surface area contributed by atoms with Gasteiger partial charge < -0.3 is 0 Å². The third kappa shape index (κ3) is 2.97. The Morgan fingerprint density at radius 2 is 2.00 bits per heavy atom. The van der Waals surface area contributed by atoms with E-state index >= 15 is 0 Å². The first-order chi connectivity index (χ1) is 8.70. The van der Waals surface area contributed by atoms with Crippen LogP contribution in [0.5, 0.6) is 0 Å². The van der Waals surface area contributed by atoms with Crippen molar-refractivity contribution in [3.8, 4) is 0 Å². The van der Waals surface area contributed by atoms with Crippen LogP contribution in [0.4, 0.5) is 0 Å². The molecule has 0 aliphatic carbocycles. The Hall–Kier alpha value is -1.65. The smallest absolute Gasteiger partial charge is 0.0492 e. The molecule has 0 amide bonds. The van der Waals surface area contributed by atoms with Crippen molar-refractivity contribution >= 4 is 0 Å². The predicted molar refractivity (Wildman–Crippen MR) is 72.8 cm³/mol. The molecule has 0 saturated carbocycles. The summed E-state index contributed by atoms with van der Waals surface area (Å²) in [6.07, 6.45) is 3.74. The number of hydrogen-bond donors (Lipinski definition) is 2. The number of aryl methyl sites for hydroxylation is 3. The highest BCUT2D eigenvalue weighted by Gasteiger charge is 2.10. The number of hydrazine groups is 1. The summed E-state index contributed by atoms with van der Waals surface area (Å²) in [5.41, 5.74) is 6.61. The van der Waals surface area contributed by atoms with Gasteiger partial charge in [0.05, 0.1) is 0 Å². The Kier molecular flexibility index (Phi) is 4.12. The first kappa shape index (κ1) is 12.8. The van der Waals surface area contributed by atoms with Gasteiger partial charge in [-0.2, -0.15) is 5.10 Å². The minimum atomic E-state index is 0.181. The van der Waals surface area contributed by atoms with Gasteiger partial charge in [0.15, 0.2) is 0 Å². The molecule has 0 spiro atoms. The maximum absolute atomic E-state index is 5.65. The molecule has 2 aromatic rings. The van der Waals surface area contributed by atoms with Crippen molar-refractivity contribution in [1.29, 1.82) is 0 Å². The molecule has 3 N–H and O–H groups in total. The van der Waals surface area contributed by atoms with E-state index in [4.69, 9.17) is 5.84 Å². The molecule has 2 rings (SSSR count). The summed E-state index contributed by atoms with van der Waals surface area (Å²) >= 11 is 0. The normalized spacial score (nSPS) is 12.6. The van der Waals surface area contributed by atoms with Gasteiger partial charge in [0.25, 0.3) is 0 Å². The Balaban J connectivity index is 2.01. The summed E-state index contributed by atoms with van der Waals surface area (Å²) in [5.74, 6) is 5.65. The number of aromatic nitrogens is 2. The van der Waals surface area contributed by atoms with Gasteiger partial charge in [-0.05, 0) is 31.4 Å². The summed E-state index contributed by atoms with van der Waals surface area (Å²) in [7, 11) is 1.96. The van der Waals surface area contributed by atoms with Crippen LogP contribution in [-0.2, 0) is 13.5 Å². The highest BCUT2D eigenvalue weighted by atomic mass is 15.3. The molecular formula is C14H20N4. The van der Waals surface area contributed by atoms with Gasteiger partial charge >= 0.3 is 0 Å². The Bertz CT molecular complexity index is 487. The van der Waals surface area contributed by atoms with E-state index in [9.17, 15) is 0 Å². The molecule has 0 radical (unpaired) electrons. The van der Waals surface area contributed by atoms with Crippen molar-refractivity contribution in [2.45, 2.75) is 25.8 Å². The first-order valence-electron chi connectivity index (χ1n) is 6.20. The van der Waals surface area contributed by atoms with Gasteiger partial charge in [-0.15, -0.1) is 0 Å². The average molecular weight is 244 g/mol. The van der Waals surface area contributed by atoms with Crippen molar-refractivity contribution in [2.75, 3.05) is 0 Å². The van der Waals surface area contributed by atoms with Gasteiger partial charge in [-0.3, -0.25) is 16.0 Å². The second kappa shape index (κ2) is 5.80. The van der Waals surface area contributed by atoms with Crippen molar-refractivity contribution in [3.63, 3.8) is 0 Å². The number of nitrogens with two attached hydrogens (primary N) is 1.